The quantitative estimate of drug-likeness (QED) is 0.243. The summed E-state index contributed by atoms with van der Waals surface area (Å²) in [7, 11) is -5.41. The summed E-state index contributed by atoms with van der Waals surface area (Å²) >= 11 is 0. The van der Waals surface area contributed by atoms with Crippen LogP contribution in [0.15, 0.2) is 34.1 Å². The highest BCUT2D eigenvalue weighted by Crippen LogP contribution is 2.28. The largest absolute Gasteiger partial charge is 0.396 e. The molecule has 1 N–H and O–H groups in total. The van der Waals surface area contributed by atoms with E-state index in [1.165, 1.54) is 45.2 Å². The highest BCUT2D eigenvalue weighted by atomic mass is 32.2. The maximum absolute atomic E-state index is 12.1. The number of benzene rings is 2. The fourth-order valence-corrected chi connectivity index (χ4v) is 6.55. The summed E-state index contributed by atoms with van der Waals surface area (Å²) in [6, 6.07) is 5.32. The Bertz CT molecular complexity index is 1310. The zero-order valence-corrected chi connectivity index (χ0v) is 23.0. The second-order valence-corrected chi connectivity index (χ2v) is 12.6. The third-order valence-corrected chi connectivity index (χ3v) is 8.91. The van der Waals surface area contributed by atoms with Crippen LogP contribution in [0.3, 0.4) is 0 Å². The molecule has 14 heteroatoms. The Morgan fingerprint density at radius 1 is 0.730 bits per heavy atom. The first-order chi connectivity index (χ1) is 17.1. The van der Waals surface area contributed by atoms with Crippen molar-refractivity contribution in [2.45, 2.75) is 50.3 Å². The van der Waals surface area contributed by atoms with E-state index < -0.39 is 29.5 Å². The molecule has 0 bridgehead atoms. The number of hydrogen-bond acceptors (Lipinski definition) is 10. The van der Waals surface area contributed by atoms with Gasteiger partial charge < -0.3 is 9.84 Å². The first-order valence-electron chi connectivity index (χ1n) is 11.2. The topological polar surface area (TPSA) is 184 Å². The third-order valence-electron chi connectivity index (χ3n) is 5.35. The van der Waals surface area contributed by atoms with Crippen molar-refractivity contribution in [3.63, 3.8) is 0 Å². The predicted molar refractivity (Wildman–Crippen MR) is 137 cm³/mol. The molecule has 0 atom stereocenters. The number of rotatable bonds is 11. The molecule has 0 saturated heterocycles. The Hall–Kier alpha value is -2.94. The lowest BCUT2D eigenvalue weighted by molar-refractivity contribution is -0.386. The number of aryl methyl sites for hydroxylation is 4. The molecule has 0 heterocycles. The Morgan fingerprint density at radius 2 is 1.05 bits per heavy atom. The van der Waals surface area contributed by atoms with Crippen LogP contribution in [-0.4, -0.2) is 63.6 Å². The maximum Gasteiger partial charge on any atom is 0.275 e. The summed E-state index contributed by atoms with van der Waals surface area (Å²) in [5, 5.41) is 30.3. The van der Waals surface area contributed by atoms with Gasteiger partial charge in [0.1, 0.15) is 0 Å². The average molecular weight is 561 g/mol. The smallest absolute Gasteiger partial charge is 0.275 e. The number of aliphatic hydroxyl groups excluding tert-OH is 1. The van der Waals surface area contributed by atoms with E-state index in [2.05, 4.69) is 0 Å². The Morgan fingerprint density at radius 3 is 1.32 bits per heavy atom. The molecule has 0 unspecified atom stereocenters. The van der Waals surface area contributed by atoms with E-state index in [1.807, 2.05) is 0 Å². The van der Waals surface area contributed by atoms with Crippen molar-refractivity contribution in [1.82, 2.24) is 0 Å². The molecule has 12 nitrogen and oxygen atoms in total. The summed E-state index contributed by atoms with van der Waals surface area (Å²) < 4.78 is 52.7. The molecule has 2 aromatic rings. The molecule has 0 amide bonds. The van der Waals surface area contributed by atoms with Gasteiger partial charge in [0.15, 0.2) is 19.7 Å². The minimum atomic E-state index is -3.49. The Labute approximate surface area is 216 Å². The summed E-state index contributed by atoms with van der Waals surface area (Å²) in [4.78, 5) is 20.8. The van der Waals surface area contributed by atoms with Gasteiger partial charge in [0.05, 0.1) is 31.1 Å². The highest BCUT2D eigenvalue weighted by Gasteiger charge is 2.22. The van der Waals surface area contributed by atoms with Crippen molar-refractivity contribution in [1.29, 1.82) is 0 Å². The molecule has 0 aromatic heterocycles. The first kappa shape index (κ1) is 32.1. The molecule has 0 aliphatic heterocycles. The Kier molecular flexibility index (Phi) is 11.8. The van der Waals surface area contributed by atoms with E-state index in [9.17, 15) is 37.1 Å². The molecule has 0 radical (unpaired) electrons. The van der Waals surface area contributed by atoms with Gasteiger partial charge in [-0.25, -0.2) is 16.8 Å². The van der Waals surface area contributed by atoms with E-state index in [0.717, 1.165) is 0 Å². The van der Waals surface area contributed by atoms with Crippen molar-refractivity contribution in [2.75, 3.05) is 31.8 Å². The van der Waals surface area contributed by atoms with Crippen LogP contribution >= 0.6 is 0 Å². The SMILES string of the molecule is COCCCS(=O)(=O)c1cc(C)c([N+](=O)[O-])c(C)c1.Cc1cc(S(=O)(=O)CCCO)cc(C)c1[N+](=O)[O-]. The molecule has 2 aromatic carbocycles. The van der Waals surface area contributed by atoms with E-state index in [1.54, 1.807) is 13.8 Å². The fraction of sp³-hybridized carbons (Fsp3) is 0.478. The molecule has 37 heavy (non-hydrogen) atoms. The van der Waals surface area contributed by atoms with Gasteiger partial charge in [0.25, 0.3) is 11.4 Å². The lowest BCUT2D eigenvalue weighted by atomic mass is 10.1. The average Bonchev–Trinajstić information content (AvgIpc) is 2.76. The van der Waals surface area contributed by atoms with E-state index in [4.69, 9.17) is 9.84 Å². The molecule has 0 spiro atoms. The molecule has 0 aliphatic rings. The zero-order valence-electron chi connectivity index (χ0n) is 21.4. The number of hydrogen-bond donors (Lipinski definition) is 1. The van der Waals surface area contributed by atoms with Crippen LogP contribution in [0.2, 0.25) is 0 Å². The van der Waals surface area contributed by atoms with Crippen molar-refractivity contribution >= 4 is 31.0 Å². The number of nitro benzene ring substituents is 2. The molecular weight excluding hydrogens is 528 g/mol. The monoisotopic (exact) mass is 560 g/mol. The van der Waals surface area contributed by atoms with Gasteiger partial charge in [-0.3, -0.25) is 20.2 Å². The molecule has 2 rings (SSSR count). The number of ether oxygens (including phenoxy) is 1. The third kappa shape index (κ3) is 8.84. The van der Waals surface area contributed by atoms with E-state index in [0.29, 0.717) is 35.3 Å². The second kappa shape index (κ2) is 13.6. The van der Waals surface area contributed by atoms with Gasteiger partial charge in [-0.15, -0.1) is 0 Å². The van der Waals surface area contributed by atoms with Gasteiger partial charge in [0.2, 0.25) is 0 Å². The predicted octanol–water partition coefficient (Wildman–Crippen LogP) is 3.39. The lowest BCUT2D eigenvalue weighted by Gasteiger charge is -2.08. The summed E-state index contributed by atoms with van der Waals surface area (Å²) in [5.74, 6) is -0.197. The molecule has 0 fully saturated rings. The maximum atomic E-state index is 12.1. The highest BCUT2D eigenvalue weighted by molar-refractivity contribution is 7.91. The van der Waals surface area contributed by atoms with Crippen LogP contribution in [0.25, 0.3) is 0 Å². The lowest BCUT2D eigenvalue weighted by Crippen LogP contribution is -2.10. The standard InChI is InChI=1S/C12H17NO5S.C11H15NO5S/c1-9-7-11(8-10(2)12(9)13(14)15)19(16,17)6-4-5-18-3;1-8-6-10(18(16,17)5-3-4-13)7-9(2)11(8)12(14)15/h7-8H,4-6H2,1-3H3;6-7,13H,3-5H2,1-2H3. The normalized spacial score (nSPS) is 11.5. The summed E-state index contributed by atoms with van der Waals surface area (Å²) in [6.45, 7) is 6.26. The second-order valence-electron chi connectivity index (χ2n) is 8.39. The van der Waals surface area contributed by atoms with Gasteiger partial charge in [-0.1, -0.05) is 0 Å². The van der Waals surface area contributed by atoms with Gasteiger partial charge in [-0.2, -0.15) is 0 Å². The molecule has 0 aliphatic carbocycles. The van der Waals surface area contributed by atoms with Gasteiger partial charge in [0, 0.05) is 42.6 Å². The van der Waals surface area contributed by atoms with Crippen molar-refractivity contribution in [3.05, 3.63) is 66.7 Å². The minimum Gasteiger partial charge on any atom is -0.396 e. The molecular formula is C23H32N2O10S2. The van der Waals surface area contributed by atoms with Crippen molar-refractivity contribution in [3.8, 4) is 0 Å². The van der Waals surface area contributed by atoms with Crippen LogP contribution in [0.5, 0.6) is 0 Å². The van der Waals surface area contributed by atoms with Crippen LogP contribution in [-0.2, 0) is 24.4 Å². The van der Waals surface area contributed by atoms with Crippen LogP contribution in [0.4, 0.5) is 11.4 Å². The van der Waals surface area contributed by atoms with Crippen LogP contribution in [0, 0.1) is 47.9 Å². The van der Waals surface area contributed by atoms with Crippen LogP contribution in [0.1, 0.15) is 35.1 Å². The number of nitrogens with zero attached hydrogens (tertiary/aromatic N) is 2. The van der Waals surface area contributed by atoms with Crippen molar-refractivity contribution in [2.24, 2.45) is 0 Å². The van der Waals surface area contributed by atoms with Crippen LogP contribution < -0.4 is 0 Å². The first-order valence-corrected chi connectivity index (χ1v) is 14.5. The number of aliphatic hydroxyl groups is 1. The minimum absolute atomic E-state index is 0.0302. The molecule has 0 saturated carbocycles. The molecule has 206 valence electrons. The zero-order chi connectivity index (χ0) is 28.6. The van der Waals surface area contributed by atoms with Gasteiger partial charge >= 0.3 is 0 Å². The fourth-order valence-electron chi connectivity index (χ4n) is 3.65. The summed E-state index contributed by atoms with van der Waals surface area (Å²) in [6.07, 6.45) is 0.547. The van der Waals surface area contributed by atoms with Crippen molar-refractivity contribution < 1.29 is 36.5 Å². The van der Waals surface area contributed by atoms with E-state index >= 15 is 0 Å². The summed E-state index contributed by atoms with van der Waals surface area (Å²) in [5.41, 5.74) is 1.27. The number of nitro groups is 2. The number of sulfone groups is 2. The van der Waals surface area contributed by atoms with Gasteiger partial charge in [-0.05, 0) is 64.8 Å². The Balaban J connectivity index is 0.000000371. The number of methoxy groups -OCH3 is 1. The van der Waals surface area contributed by atoms with E-state index in [-0.39, 0.29) is 45.7 Å².